The summed E-state index contributed by atoms with van der Waals surface area (Å²) >= 11 is 3.53. The summed E-state index contributed by atoms with van der Waals surface area (Å²) in [6.45, 7) is 4.98. The maximum absolute atomic E-state index is 5.53. The predicted octanol–water partition coefficient (Wildman–Crippen LogP) is 2.57. The third-order valence-corrected chi connectivity index (χ3v) is 2.95. The molecule has 0 heterocycles. The van der Waals surface area contributed by atoms with E-state index in [-0.39, 0.29) is 0 Å². The average Bonchev–Trinajstić information content (AvgIpc) is 2.06. The fraction of sp³-hybridized carbons (Fsp3) is 0.400. The predicted molar refractivity (Wildman–Crippen MR) is 56.4 cm³/mol. The SMILES string of the molecule is Cc1ccc(Br)c(CCN)c1C. The van der Waals surface area contributed by atoms with Gasteiger partial charge in [0.2, 0.25) is 0 Å². The zero-order valence-corrected chi connectivity index (χ0v) is 9.11. The Hall–Kier alpha value is -0.340. The molecule has 0 aliphatic rings. The van der Waals surface area contributed by atoms with Crippen molar-refractivity contribution < 1.29 is 0 Å². The van der Waals surface area contributed by atoms with Gasteiger partial charge in [-0.1, -0.05) is 22.0 Å². The Kier molecular flexibility index (Phi) is 3.29. The quantitative estimate of drug-likeness (QED) is 0.827. The maximum Gasteiger partial charge on any atom is 0.0210 e. The normalized spacial score (nSPS) is 10.3. The van der Waals surface area contributed by atoms with Crippen LogP contribution in [0, 0.1) is 13.8 Å². The van der Waals surface area contributed by atoms with Gasteiger partial charge in [-0.3, -0.25) is 0 Å². The zero-order valence-electron chi connectivity index (χ0n) is 7.52. The number of nitrogens with two attached hydrogens (primary N) is 1. The van der Waals surface area contributed by atoms with Crippen molar-refractivity contribution in [2.45, 2.75) is 20.3 Å². The van der Waals surface area contributed by atoms with Crippen LogP contribution in [0.15, 0.2) is 16.6 Å². The summed E-state index contributed by atoms with van der Waals surface area (Å²) in [6.07, 6.45) is 0.952. The molecule has 0 radical (unpaired) electrons. The molecule has 1 rings (SSSR count). The van der Waals surface area contributed by atoms with E-state index in [0.29, 0.717) is 6.54 Å². The van der Waals surface area contributed by atoms with Crippen LogP contribution in [0.1, 0.15) is 16.7 Å². The van der Waals surface area contributed by atoms with E-state index in [4.69, 9.17) is 5.73 Å². The van der Waals surface area contributed by atoms with Crippen LogP contribution >= 0.6 is 15.9 Å². The van der Waals surface area contributed by atoms with Crippen LogP contribution in [0.4, 0.5) is 0 Å². The van der Waals surface area contributed by atoms with Crippen LogP contribution in [0.5, 0.6) is 0 Å². The highest BCUT2D eigenvalue weighted by Gasteiger charge is 2.04. The molecule has 0 atom stereocenters. The second-order valence-electron chi connectivity index (χ2n) is 3.01. The molecular formula is C10H14BrN. The lowest BCUT2D eigenvalue weighted by atomic mass is 10.0. The van der Waals surface area contributed by atoms with E-state index in [1.165, 1.54) is 21.2 Å². The molecule has 0 bridgehead atoms. The first-order chi connectivity index (χ1) is 5.66. The Bertz CT molecular complexity index is 281. The molecule has 0 unspecified atom stereocenters. The van der Waals surface area contributed by atoms with Crippen molar-refractivity contribution in [3.05, 3.63) is 33.3 Å². The van der Waals surface area contributed by atoms with E-state index in [9.17, 15) is 0 Å². The van der Waals surface area contributed by atoms with Gasteiger partial charge < -0.3 is 5.73 Å². The number of hydrogen-bond acceptors (Lipinski definition) is 1. The molecule has 0 aliphatic heterocycles. The summed E-state index contributed by atoms with van der Waals surface area (Å²) in [5.74, 6) is 0. The van der Waals surface area contributed by atoms with Gasteiger partial charge in [0.25, 0.3) is 0 Å². The Balaban J connectivity index is 3.14. The van der Waals surface area contributed by atoms with E-state index in [0.717, 1.165) is 6.42 Å². The van der Waals surface area contributed by atoms with Crippen molar-refractivity contribution in [2.24, 2.45) is 5.73 Å². The summed E-state index contributed by atoms with van der Waals surface area (Å²) in [4.78, 5) is 0. The molecule has 0 aliphatic carbocycles. The molecule has 1 nitrogen and oxygen atoms in total. The molecule has 1 aromatic rings. The van der Waals surface area contributed by atoms with E-state index in [1.807, 2.05) is 0 Å². The van der Waals surface area contributed by atoms with Gasteiger partial charge in [0.15, 0.2) is 0 Å². The van der Waals surface area contributed by atoms with E-state index in [1.54, 1.807) is 0 Å². The third kappa shape index (κ3) is 1.87. The van der Waals surface area contributed by atoms with Crippen molar-refractivity contribution in [1.29, 1.82) is 0 Å². The van der Waals surface area contributed by atoms with Crippen LogP contribution in [0.25, 0.3) is 0 Å². The minimum absolute atomic E-state index is 0.711. The van der Waals surface area contributed by atoms with Gasteiger partial charge >= 0.3 is 0 Å². The summed E-state index contributed by atoms with van der Waals surface area (Å²) in [6, 6.07) is 4.22. The summed E-state index contributed by atoms with van der Waals surface area (Å²) in [5.41, 5.74) is 9.56. The molecule has 66 valence electrons. The summed E-state index contributed by atoms with van der Waals surface area (Å²) < 4.78 is 1.18. The number of aryl methyl sites for hydroxylation is 1. The number of rotatable bonds is 2. The molecule has 2 heteroatoms. The van der Waals surface area contributed by atoms with Crippen molar-refractivity contribution in [2.75, 3.05) is 6.54 Å². The topological polar surface area (TPSA) is 26.0 Å². The van der Waals surface area contributed by atoms with Gasteiger partial charge in [-0.15, -0.1) is 0 Å². The molecule has 0 saturated carbocycles. The first kappa shape index (κ1) is 9.75. The van der Waals surface area contributed by atoms with Crippen molar-refractivity contribution in [3.63, 3.8) is 0 Å². The molecule has 0 amide bonds. The zero-order chi connectivity index (χ0) is 9.14. The second kappa shape index (κ2) is 4.06. The smallest absolute Gasteiger partial charge is 0.0210 e. The molecule has 0 aromatic heterocycles. The molecule has 0 fully saturated rings. The monoisotopic (exact) mass is 227 g/mol. The van der Waals surface area contributed by atoms with Crippen LogP contribution in [0.2, 0.25) is 0 Å². The maximum atomic E-state index is 5.53. The molecule has 12 heavy (non-hydrogen) atoms. The van der Waals surface area contributed by atoms with Gasteiger partial charge in [0.05, 0.1) is 0 Å². The van der Waals surface area contributed by atoms with Crippen LogP contribution in [-0.4, -0.2) is 6.54 Å². The van der Waals surface area contributed by atoms with Gasteiger partial charge in [0, 0.05) is 4.47 Å². The molecular weight excluding hydrogens is 214 g/mol. The second-order valence-corrected chi connectivity index (χ2v) is 3.86. The highest BCUT2D eigenvalue weighted by molar-refractivity contribution is 9.10. The number of hydrogen-bond donors (Lipinski definition) is 1. The first-order valence-electron chi connectivity index (χ1n) is 4.11. The minimum atomic E-state index is 0.711. The average molecular weight is 228 g/mol. The Labute approximate surface area is 82.1 Å². The fourth-order valence-electron chi connectivity index (χ4n) is 1.29. The lowest BCUT2D eigenvalue weighted by molar-refractivity contribution is 0.948. The van der Waals surface area contributed by atoms with Crippen molar-refractivity contribution in [3.8, 4) is 0 Å². The van der Waals surface area contributed by atoms with Gasteiger partial charge in [-0.05, 0) is 49.6 Å². The van der Waals surface area contributed by atoms with Crippen LogP contribution < -0.4 is 5.73 Å². The van der Waals surface area contributed by atoms with Crippen LogP contribution in [0.3, 0.4) is 0 Å². The Morgan fingerprint density at radius 1 is 1.33 bits per heavy atom. The first-order valence-corrected chi connectivity index (χ1v) is 4.90. The van der Waals surface area contributed by atoms with Crippen LogP contribution in [-0.2, 0) is 6.42 Å². The van der Waals surface area contributed by atoms with Gasteiger partial charge in [0.1, 0.15) is 0 Å². The van der Waals surface area contributed by atoms with E-state index in [2.05, 4.69) is 41.9 Å². The molecule has 2 N–H and O–H groups in total. The number of halogens is 1. The minimum Gasteiger partial charge on any atom is -0.330 e. The lowest BCUT2D eigenvalue weighted by Gasteiger charge is -2.09. The standard InChI is InChI=1S/C10H14BrN/c1-7-3-4-10(11)9(5-6-12)8(7)2/h3-4H,5-6,12H2,1-2H3. The van der Waals surface area contributed by atoms with Crippen molar-refractivity contribution >= 4 is 15.9 Å². The van der Waals surface area contributed by atoms with Gasteiger partial charge in [-0.2, -0.15) is 0 Å². The summed E-state index contributed by atoms with van der Waals surface area (Å²) in [7, 11) is 0. The highest BCUT2D eigenvalue weighted by atomic mass is 79.9. The van der Waals surface area contributed by atoms with Crippen molar-refractivity contribution in [1.82, 2.24) is 0 Å². The largest absolute Gasteiger partial charge is 0.330 e. The van der Waals surface area contributed by atoms with Gasteiger partial charge in [-0.25, -0.2) is 0 Å². The Morgan fingerprint density at radius 3 is 2.58 bits per heavy atom. The third-order valence-electron chi connectivity index (χ3n) is 2.21. The fourth-order valence-corrected chi connectivity index (χ4v) is 1.92. The summed E-state index contributed by atoms with van der Waals surface area (Å²) in [5, 5.41) is 0. The van der Waals surface area contributed by atoms with E-state index < -0.39 is 0 Å². The Morgan fingerprint density at radius 2 is 2.00 bits per heavy atom. The lowest BCUT2D eigenvalue weighted by Crippen LogP contribution is -2.05. The van der Waals surface area contributed by atoms with E-state index >= 15 is 0 Å². The molecule has 0 spiro atoms. The highest BCUT2D eigenvalue weighted by Crippen LogP contribution is 2.23. The molecule has 1 aromatic carbocycles. The number of benzene rings is 1. The molecule has 0 saturated heterocycles.